The quantitative estimate of drug-likeness (QED) is 0.157. The molecule has 13 aromatic carbocycles. The van der Waals surface area contributed by atoms with Crippen LogP contribution in [0.4, 0.5) is 51.2 Å². The van der Waals surface area contributed by atoms with Gasteiger partial charge in [0.25, 0.3) is 0 Å². The number of furan rings is 2. The number of fused-ring (bicyclic) bond motifs is 19. The highest BCUT2D eigenvalue weighted by molar-refractivity contribution is 6.21. The van der Waals surface area contributed by atoms with Crippen LogP contribution in [-0.2, 0) is 5.41 Å². The summed E-state index contributed by atoms with van der Waals surface area (Å²) in [5.74, 6) is 0. The highest BCUT2D eigenvalue weighted by atomic mass is 16.3. The van der Waals surface area contributed by atoms with Gasteiger partial charge in [0, 0.05) is 49.4 Å². The number of rotatable bonds is 7. The minimum atomic E-state index is -0.953. The molecule has 3 heterocycles. The summed E-state index contributed by atoms with van der Waals surface area (Å²) < 4.78 is 13.9. The van der Waals surface area contributed by atoms with Gasteiger partial charge in [0.15, 0.2) is 22.3 Å². The minimum Gasteiger partial charge on any atom is -0.452 e. The van der Waals surface area contributed by atoms with Crippen LogP contribution in [-0.4, -0.2) is 0 Å². The zero-order valence-corrected chi connectivity index (χ0v) is 45.0. The van der Waals surface area contributed by atoms with Gasteiger partial charge in [-0.2, -0.15) is 10.5 Å². The van der Waals surface area contributed by atoms with E-state index < -0.39 is 5.41 Å². The van der Waals surface area contributed by atoms with Crippen LogP contribution in [0.5, 0.6) is 0 Å². The molecule has 2 aliphatic rings. The molecule has 0 amide bonds. The Hall–Kier alpha value is -11.6. The van der Waals surface area contributed by atoms with Gasteiger partial charge >= 0.3 is 0 Å². The van der Waals surface area contributed by atoms with Crippen LogP contribution in [0.15, 0.2) is 282 Å². The lowest BCUT2D eigenvalue weighted by atomic mass is 9.64. The molecule has 0 atom stereocenters. The Morgan fingerprint density at radius 3 is 1.11 bits per heavy atom. The smallest absolute Gasteiger partial charge is 0.159 e. The molecule has 1 aliphatic carbocycles. The number of anilines is 9. The fourth-order valence-electron chi connectivity index (χ4n) is 14.1. The molecular weight excluding hydrogens is 1030 g/mol. The van der Waals surface area contributed by atoms with E-state index in [-0.39, 0.29) is 0 Å². The van der Waals surface area contributed by atoms with Crippen molar-refractivity contribution in [2.75, 3.05) is 14.7 Å². The first-order valence-electron chi connectivity index (χ1n) is 28.2. The van der Waals surface area contributed by atoms with E-state index in [1.54, 1.807) is 0 Å². The molecule has 7 nitrogen and oxygen atoms in total. The zero-order valence-electron chi connectivity index (χ0n) is 45.0. The minimum absolute atomic E-state index is 0.489. The van der Waals surface area contributed by atoms with E-state index in [0.717, 1.165) is 128 Å². The average molecular weight is 1070 g/mol. The van der Waals surface area contributed by atoms with E-state index in [2.05, 4.69) is 263 Å². The largest absolute Gasteiger partial charge is 0.452 e. The number of nitrogens with zero attached hydrogens (tertiary/aromatic N) is 5. The summed E-state index contributed by atoms with van der Waals surface area (Å²) in [4.78, 5) is 7.15. The first-order valence-corrected chi connectivity index (χ1v) is 28.2. The lowest BCUT2D eigenvalue weighted by molar-refractivity contribution is 0.667. The van der Waals surface area contributed by atoms with Crippen molar-refractivity contribution in [2.45, 2.75) is 5.41 Å². The molecule has 84 heavy (non-hydrogen) atoms. The molecule has 7 heteroatoms. The van der Waals surface area contributed by atoms with E-state index in [4.69, 9.17) is 8.83 Å². The lowest BCUT2D eigenvalue weighted by Crippen LogP contribution is -2.36. The van der Waals surface area contributed by atoms with E-state index in [9.17, 15) is 10.5 Å². The van der Waals surface area contributed by atoms with Gasteiger partial charge < -0.3 is 23.5 Å². The van der Waals surface area contributed by atoms with E-state index in [1.165, 1.54) is 0 Å². The fourth-order valence-corrected chi connectivity index (χ4v) is 14.1. The fraction of sp³-hybridized carbons (Fsp3) is 0.0130. The Morgan fingerprint density at radius 1 is 0.310 bits per heavy atom. The molecule has 17 rings (SSSR count). The summed E-state index contributed by atoms with van der Waals surface area (Å²) >= 11 is 0. The molecule has 1 spiro atoms. The maximum Gasteiger partial charge on any atom is 0.159 e. The number of hydrogen-bond acceptors (Lipinski definition) is 7. The summed E-state index contributed by atoms with van der Waals surface area (Å²) in [6, 6.07) is 102. The third-order valence-electron chi connectivity index (χ3n) is 17.5. The third-order valence-corrected chi connectivity index (χ3v) is 17.5. The average Bonchev–Trinajstić information content (AvgIpc) is 1.47. The van der Waals surface area contributed by atoms with Crippen LogP contribution >= 0.6 is 0 Å². The van der Waals surface area contributed by atoms with Gasteiger partial charge in [-0.15, -0.1) is 0 Å². The van der Waals surface area contributed by atoms with Crippen molar-refractivity contribution in [3.63, 3.8) is 0 Å². The monoisotopic (exact) mass is 1070 g/mol. The van der Waals surface area contributed by atoms with Crippen molar-refractivity contribution in [1.29, 1.82) is 10.5 Å². The summed E-state index contributed by atoms with van der Waals surface area (Å²) in [6.07, 6.45) is 0. The molecule has 0 bridgehead atoms. The topological polar surface area (TPSA) is 83.6 Å². The first kappa shape index (κ1) is 47.2. The van der Waals surface area contributed by atoms with Gasteiger partial charge in [-0.25, -0.2) is 0 Å². The lowest BCUT2D eigenvalue weighted by Gasteiger charge is -2.45. The van der Waals surface area contributed by atoms with Crippen LogP contribution in [0.2, 0.25) is 0 Å². The van der Waals surface area contributed by atoms with Crippen molar-refractivity contribution in [3.05, 3.63) is 306 Å². The molecular formula is C77H45N5O2. The van der Waals surface area contributed by atoms with Gasteiger partial charge in [-0.05, 0) is 129 Å². The van der Waals surface area contributed by atoms with Crippen LogP contribution in [0, 0.1) is 22.7 Å². The predicted molar refractivity (Wildman–Crippen MR) is 340 cm³/mol. The molecule has 0 N–H and O–H groups in total. The van der Waals surface area contributed by atoms with Crippen LogP contribution in [0.25, 0.3) is 76.5 Å². The number of hydrogen-bond donors (Lipinski definition) is 0. The molecule has 0 saturated heterocycles. The predicted octanol–water partition coefficient (Wildman–Crippen LogP) is 20.6. The summed E-state index contributed by atoms with van der Waals surface area (Å²) in [5.41, 5.74) is 18.2. The Labute approximate surface area is 483 Å². The standard InChI is InChI=1S/C77H45N5O2/c78-46-48-22-18-34-57-59-36-20-42-67(75(59)83-73(48)57)81(51-26-6-2-7-27-51)69-44-63-71(55-32-12-10-30-53(55)69)72-56-33-13-11-31-54(56)70(82(52-28-8-3-9-29-52)68-43-21-37-60-58-35-19-23-49(47-79)74(58)84-76(60)68)45-64(72)77(63)61-38-14-16-40-65(61)80(50-24-4-1-5-25-50)66-41-17-15-39-62(66)77/h1-45H. The number of nitriles is 2. The van der Waals surface area contributed by atoms with Crippen LogP contribution in [0.1, 0.15) is 33.4 Å². The number of para-hydroxylation sites is 9. The second-order valence-electron chi connectivity index (χ2n) is 21.6. The van der Waals surface area contributed by atoms with Gasteiger partial charge in [0.05, 0.1) is 50.7 Å². The van der Waals surface area contributed by atoms with Crippen molar-refractivity contribution in [1.82, 2.24) is 0 Å². The zero-order chi connectivity index (χ0) is 55.6. The second-order valence-corrected chi connectivity index (χ2v) is 21.6. The van der Waals surface area contributed by atoms with E-state index >= 15 is 0 Å². The van der Waals surface area contributed by atoms with E-state index in [0.29, 0.717) is 33.5 Å². The second kappa shape index (κ2) is 18.2. The Kier molecular flexibility index (Phi) is 10.2. The Balaban J connectivity index is 1.04. The highest BCUT2D eigenvalue weighted by Gasteiger charge is 2.54. The van der Waals surface area contributed by atoms with Crippen molar-refractivity contribution in [2.24, 2.45) is 0 Å². The summed E-state index contributed by atoms with van der Waals surface area (Å²) in [7, 11) is 0. The maximum absolute atomic E-state index is 10.4. The molecule has 0 radical (unpaired) electrons. The summed E-state index contributed by atoms with van der Waals surface area (Å²) in [6.45, 7) is 0. The van der Waals surface area contributed by atoms with Crippen molar-refractivity contribution >= 4 is 117 Å². The Bertz CT molecular complexity index is 5010. The highest BCUT2D eigenvalue weighted by Crippen LogP contribution is 2.67. The molecule has 15 aromatic rings. The molecule has 2 aromatic heterocycles. The number of benzene rings is 13. The molecule has 0 saturated carbocycles. The van der Waals surface area contributed by atoms with Gasteiger partial charge in [-0.1, -0.05) is 188 Å². The summed E-state index contributed by atoms with van der Waals surface area (Å²) in [5, 5.41) is 28.8. The molecule has 390 valence electrons. The first-order chi connectivity index (χ1) is 41.6. The SMILES string of the molecule is N#Cc1cccc2c1oc1c(N(c3ccccc3)c3cc4c(c5ccccc35)-c3c(cc(N(c5ccccc5)c5cccc6c5oc5c(C#N)cccc56)c5ccccc35)C43c4ccccc4N(c4ccccc4)c4ccccc43)cccc12. The molecule has 0 unspecified atom stereocenters. The van der Waals surface area contributed by atoms with Crippen LogP contribution in [0.3, 0.4) is 0 Å². The van der Waals surface area contributed by atoms with Gasteiger partial charge in [0.2, 0.25) is 0 Å². The molecule has 1 aliphatic heterocycles. The van der Waals surface area contributed by atoms with Crippen molar-refractivity contribution in [3.8, 4) is 23.3 Å². The normalized spacial score (nSPS) is 12.8. The van der Waals surface area contributed by atoms with Gasteiger partial charge in [0.1, 0.15) is 12.1 Å². The van der Waals surface area contributed by atoms with Crippen LogP contribution < -0.4 is 14.7 Å². The maximum atomic E-state index is 10.4. The molecule has 0 fully saturated rings. The Morgan fingerprint density at radius 2 is 0.667 bits per heavy atom. The van der Waals surface area contributed by atoms with E-state index in [1.807, 2.05) is 36.4 Å². The van der Waals surface area contributed by atoms with Gasteiger partial charge in [-0.3, -0.25) is 0 Å². The van der Waals surface area contributed by atoms with Crippen molar-refractivity contribution < 1.29 is 8.83 Å². The third kappa shape index (κ3) is 6.49.